The lowest BCUT2D eigenvalue weighted by Crippen LogP contribution is -2.24. The van der Waals surface area contributed by atoms with E-state index in [4.69, 9.17) is 23.2 Å². The summed E-state index contributed by atoms with van der Waals surface area (Å²) in [4.78, 5) is 26.6. The third-order valence-corrected chi connectivity index (χ3v) is 7.70. The number of thioether (sulfide) groups is 1. The van der Waals surface area contributed by atoms with Gasteiger partial charge in [-0.3, -0.25) is 14.9 Å². The summed E-state index contributed by atoms with van der Waals surface area (Å²) in [6.07, 6.45) is 0.385. The molecule has 4 rings (SSSR count). The molecule has 0 saturated carbocycles. The SMILES string of the molecule is Cc1cccc(N2CC(c3nnc(NC(=O)CSCc4ccc(Cl)c(Cl)c4)s3)CC2=O)c1. The highest BCUT2D eigenvalue weighted by Crippen LogP contribution is 2.34. The molecule has 32 heavy (non-hydrogen) atoms. The minimum Gasteiger partial charge on any atom is -0.312 e. The molecule has 2 amide bonds. The Hall–Kier alpha value is -2.13. The predicted molar refractivity (Wildman–Crippen MR) is 132 cm³/mol. The van der Waals surface area contributed by atoms with Gasteiger partial charge in [-0.2, -0.15) is 0 Å². The van der Waals surface area contributed by atoms with Crippen LogP contribution in [0.2, 0.25) is 10.0 Å². The Labute approximate surface area is 204 Å². The van der Waals surface area contributed by atoms with E-state index < -0.39 is 0 Å². The predicted octanol–water partition coefficient (Wildman–Crippen LogP) is 5.55. The zero-order valence-electron chi connectivity index (χ0n) is 17.2. The molecule has 0 spiro atoms. The maximum atomic E-state index is 12.5. The van der Waals surface area contributed by atoms with E-state index >= 15 is 0 Å². The van der Waals surface area contributed by atoms with Gasteiger partial charge in [0.05, 0.1) is 15.8 Å². The summed E-state index contributed by atoms with van der Waals surface area (Å²) >= 11 is 14.7. The molecule has 6 nitrogen and oxygen atoms in total. The molecule has 1 unspecified atom stereocenters. The number of amides is 2. The Balaban J connectivity index is 1.29. The van der Waals surface area contributed by atoms with Crippen molar-refractivity contribution in [1.82, 2.24) is 10.2 Å². The van der Waals surface area contributed by atoms with Crippen molar-refractivity contribution in [3.8, 4) is 0 Å². The molecule has 1 fully saturated rings. The second-order valence-electron chi connectivity index (χ2n) is 7.48. The van der Waals surface area contributed by atoms with Gasteiger partial charge in [-0.05, 0) is 42.3 Å². The number of nitrogens with zero attached hydrogens (tertiary/aromatic N) is 3. The van der Waals surface area contributed by atoms with Crippen molar-refractivity contribution in [3.05, 3.63) is 68.6 Å². The molecule has 1 N–H and O–H groups in total. The third-order valence-electron chi connectivity index (χ3n) is 4.96. The van der Waals surface area contributed by atoms with Crippen molar-refractivity contribution in [3.63, 3.8) is 0 Å². The smallest absolute Gasteiger partial charge is 0.236 e. The first-order chi connectivity index (χ1) is 15.4. The average Bonchev–Trinajstić information content (AvgIpc) is 3.37. The minimum absolute atomic E-state index is 0.0322. The third kappa shape index (κ3) is 5.61. The Morgan fingerprint density at radius 1 is 1.22 bits per heavy atom. The Kier molecular flexibility index (Phi) is 7.35. The van der Waals surface area contributed by atoms with Gasteiger partial charge >= 0.3 is 0 Å². The van der Waals surface area contributed by atoms with Crippen LogP contribution in [-0.4, -0.2) is 34.3 Å². The standard InChI is InChI=1S/C22H20Cl2N4O2S2/c1-13-3-2-4-16(7-13)28-10-15(9-20(28)30)21-26-27-22(32-21)25-19(29)12-31-11-14-5-6-17(23)18(24)8-14/h2-8,15H,9-12H2,1H3,(H,25,27,29). The molecule has 10 heteroatoms. The molecule has 1 atom stereocenters. The Morgan fingerprint density at radius 3 is 2.84 bits per heavy atom. The van der Waals surface area contributed by atoms with Crippen molar-refractivity contribution < 1.29 is 9.59 Å². The van der Waals surface area contributed by atoms with Crippen LogP contribution in [0.25, 0.3) is 0 Å². The number of anilines is 2. The summed E-state index contributed by atoms with van der Waals surface area (Å²) in [6.45, 7) is 2.56. The maximum absolute atomic E-state index is 12.5. The second-order valence-corrected chi connectivity index (χ2v) is 10.3. The van der Waals surface area contributed by atoms with Gasteiger partial charge in [0.15, 0.2) is 0 Å². The Morgan fingerprint density at radius 2 is 2.06 bits per heavy atom. The topological polar surface area (TPSA) is 75.2 Å². The lowest BCUT2D eigenvalue weighted by molar-refractivity contribution is -0.117. The van der Waals surface area contributed by atoms with Crippen LogP contribution in [0, 0.1) is 6.92 Å². The number of carbonyl (C=O) groups is 2. The number of benzene rings is 2. The molecule has 1 aliphatic heterocycles. The highest BCUT2D eigenvalue weighted by molar-refractivity contribution is 7.99. The van der Waals surface area contributed by atoms with E-state index in [1.165, 1.54) is 23.1 Å². The normalized spacial score (nSPS) is 15.9. The molecule has 0 radical (unpaired) electrons. The second kappa shape index (κ2) is 10.2. The van der Waals surface area contributed by atoms with Crippen molar-refractivity contribution in [2.45, 2.75) is 25.0 Å². The molecule has 0 aliphatic carbocycles. The van der Waals surface area contributed by atoms with Gasteiger partial charge in [0, 0.05) is 30.3 Å². The van der Waals surface area contributed by atoms with E-state index in [9.17, 15) is 9.59 Å². The first kappa shape index (κ1) is 23.0. The minimum atomic E-state index is -0.151. The molecule has 3 aromatic rings. The fraction of sp³-hybridized carbons (Fsp3) is 0.273. The van der Waals surface area contributed by atoms with Crippen LogP contribution in [0.4, 0.5) is 10.8 Å². The monoisotopic (exact) mass is 506 g/mol. The number of halogens is 2. The quantitative estimate of drug-likeness (QED) is 0.454. The van der Waals surface area contributed by atoms with Crippen LogP contribution in [0.15, 0.2) is 42.5 Å². The van der Waals surface area contributed by atoms with Crippen molar-refractivity contribution in [2.75, 3.05) is 22.5 Å². The van der Waals surface area contributed by atoms with Gasteiger partial charge in [-0.25, -0.2) is 0 Å². The largest absolute Gasteiger partial charge is 0.312 e. The number of hydrogen-bond acceptors (Lipinski definition) is 6. The number of hydrogen-bond donors (Lipinski definition) is 1. The molecule has 1 saturated heterocycles. The van der Waals surface area contributed by atoms with E-state index in [0.29, 0.717) is 33.9 Å². The number of aromatic nitrogens is 2. The van der Waals surface area contributed by atoms with Gasteiger partial charge in [0.2, 0.25) is 16.9 Å². The first-order valence-corrected chi connectivity index (χ1v) is 12.6. The van der Waals surface area contributed by atoms with Crippen LogP contribution in [-0.2, 0) is 15.3 Å². The van der Waals surface area contributed by atoms with Crippen molar-refractivity contribution in [1.29, 1.82) is 0 Å². The fourth-order valence-corrected chi connectivity index (χ4v) is 5.36. The summed E-state index contributed by atoms with van der Waals surface area (Å²) in [5.41, 5.74) is 3.01. The Bertz CT molecular complexity index is 1150. The van der Waals surface area contributed by atoms with Crippen LogP contribution in [0.5, 0.6) is 0 Å². The lowest BCUT2D eigenvalue weighted by atomic mass is 10.1. The molecule has 2 heterocycles. The maximum Gasteiger partial charge on any atom is 0.236 e. The fourth-order valence-electron chi connectivity index (χ4n) is 3.41. The molecule has 1 aromatic heterocycles. The van der Waals surface area contributed by atoms with Crippen LogP contribution in [0.3, 0.4) is 0 Å². The molecular weight excluding hydrogens is 487 g/mol. The van der Waals surface area contributed by atoms with E-state index in [-0.39, 0.29) is 23.5 Å². The number of nitrogens with one attached hydrogen (secondary N) is 1. The highest BCUT2D eigenvalue weighted by atomic mass is 35.5. The lowest BCUT2D eigenvalue weighted by Gasteiger charge is -2.16. The van der Waals surface area contributed by atoms with E-state index in [2.05, 4.69) is 15.5 Å². The van der Waals surface area contributed by atoms with E-state index in [1.54, 1.807) is 17.0 Å². The zero-order valence-corrected chi connectivity index (χ0v) is 20.3. The number of aryl methyl sites for hydroxylation is 1. The first-order valence-electron chi connectivity index (χ1n) is 9.91. The highest BCUT2D eigenvalue weighted by Gasteiger charge is 2.34. The summed E-state index contributed by atoms with van der Waals surface area (Å²) < 4.78 is 0. The molecule has 1 aliphatic rings. The average molecular weight is 507 g/mol. The van der Waals surface area contributed by atoms with Gasteiger partial charge in [-0.15, -0.1) is 22.0 Å². The van der Waals surface area contributed by atoms with E-state index in [1.807, 2.05) is 37.3 Å². The molecule has 166 valence electrons. The molecule has 0 bridgehead atoms. The number of rotatable bonds is 7. The molecular formula is C22H20Cl2N4O2S2. The van der Waals surface area contributed by atoms with Gasteiger partial charge in [-0.1, -0.05) is 52.7 Å². The summed E-state index contributed by atoms with van der Waals surface area (Å²) in [7, 11) is 0. The van der Waals surface area contributed by atoms with Crippen LogP contribution < -0.4 is 10.2 Å². The molecule has 2 aromatic carbocycles. The van der Waals surface area contributed by atoms with Crippen LogP contribution in [0.1, 0.15) is 28.5 Å². The van der Waals surface area contributed by atoms with Crippen LogP contribution >= 0.6 is 46.3 Å². The number of carbonyl (C=O) groups excluding carboxylic acids is 2. The van der Waals surface area contributed by atoms with Gasteiger partial charge in [0.1, 0.15) is 5.01 Å². The summed E-state index contributed by atoms with van der Waals surface area (Å²) in [5.74, 6) is 0.806. The summed E-state index contributed by atoms with van der Waals surface area (Å²) in [5, 5.41) is 13.3. The van der Waals surface area contributed by atoms with Gasteiger partial charge in [0.25, 0.3) is 0 Å². The zero-order chi connectivity index (χ0) is 22.7. The summed E-state index contributed by atoms with van der Waals surface area (Å²) in [6, 6.07) is 13.3. The van der Waals surface area contributed by atoms with Crippen molar-refractivity contribution in [2.24, 2.45) is 0 Å². The van der Waals surface area contributed by atoms with Crippen molar-refractivity contribution >= 4 is 68.9 Å². The van der Waals surface area contributed by atoms with E-state index in [0.717, 1.165) is 21.8 Å². The van der Waals surface area contributed by atoms with Gasteiger partial charge < -0.3 is 4.90 Å².